The fourth-order valence-electron chi connectivity index (χ4n) is 3.64. The number of alkyl halides is 3. The lowest BCUT2D eigenvalue weighted by molar-refractivity contribution is -0.137. The van der Waals surface area contributed by atoms with Crippen molar-refractivity contribution in [1.82, 2.24) is 19.6 Å². The van der Waals surface area contributed by atoms with Crippen LogP contribution in [0.4, 0.5) is 23.7 Å². The summed E-state index contributed by atoms with van der Waals surface area (Å²) in [4.78, 5) is 16.7. The molecule has 2 aromatic rings. The van der Waals surface area contributed by atoms with E-state index >= 15 is 0 Å². The number of halogens is 3. The molecule has 1 unspecified atom stereocenters. The quantitative estimate of drug-likeness (QED) is 0.828. The Balaban J connectivity index is 1.81. The number of piperidine rings is 1. The molecular formula is C20H26F3N5O. The van der Waals surface area contributed by atoms with Crippen molar-refractivity contribution in [2.75, 3.05) is 32.5 Å². The first-order valence-electron chi connectivity index (χ1n) is 9.60. The predicted molar refractivity (Wildman–Crippen MR) is 105 cm³/mol. The molecule has 1 aromatic heterocycles. The van der Waals surface area contributed by atoms with Crippen LogP contribution in [0.25, 0.3) is 5.69 Å². The van der Waals surface area contributed by atoms with Gasteiger partial charge in [0, 0.05) is 25.5 Å². The molecule has 2 heterocycles. The first-order valence-corrected chi connectivity index (χ1v) is 9.60. The van der Waals surface area contributed by atoms with Gasteiger partial charge in [0.1, 0.15) is 0 Å². The Labute approximate surface area is 168 Å². The van der Waals surface area contributed by atoms with Gasteiger partial charge < -0.3 is 15.1 Å². The molecule has 158 valence electrons. The Kier molecular flexibility index (Phi) is 6.16. The average molecular weight is 409 g/mol. The van der Waals surface area contributed by atoms with E-state index in [1.165, 1.54) is 16.9 Å². The molecule has 1 saturated heterocycles. The van der Waals surface area contributed by atoms with E-state index in [0.717, 1.165) is 38.1 Å². The van der Waals surface area contributed by atoms with Crippen molar-refractivity contribution in [3.8, 4) is 5.69 Å². The number of nitrogens with zero attached hydrogens (tertiary/aromatic N) is 4. The summed E-state index contributed by atoms with van der Waals surface area (Å²) < 4.78 is 41.0. The predicted octanol–water partition coefficient (Wildman–Crippen LogP) is 4.09. The van der Waals surface area contributed by atoms with E-state index in [2.05, 4.69) is 22.4 Å². The van der Waals surface area contributed by atoms with Gasteiger partial charge in [-0.3, -0.25) is 0 Å². The van der Waals surface area contributed by atoms with Crippen LogP contribution in [0.15, 0.2) is 36.7 Å². The molecule has 29 heavy (non-hydrogen) atoms. The Morgan fingerprint density at radius 2 is 2.00 bits per heavy atom. The SMILES string of the molecule is CC(C1CCN(C)CC1)N(C)C(=O)Nc1cc(C(F)(F)F)ccc1-n1cccn1. The number of rotatable bonds is 4. The molecule has 0 radical (unpaired) electrons. The maximum atomic E-state index is 13.2. The summed E-state index contributed by atoms with van der Waals surface area (Å²) in [6, 6.07) is 4.44. The number of nitrogens with one attached hydrogen (secondary N) is 1. The summed E-state index contributed by atoms with van der Waals surface area (Å²) in [5.41, 5.74) is -0.387. The highest BCUT2D eigenvalue weighted by Crippen LogP contribution is 2.33. The first-order chi connectivity index (χ1) is 13.7. The van der Waals surface area contributed by atoms with Gasteiger partial charge in [-0.25, -0.2) is 9.48 Å². The van der Waals surface area contributed by atoms with Crippen molar-refractivity contribution >= 4 is 11.7 Å². The van der Waals surface area contributed by atoms with Crippen LogP contribution in [0.2, 0.25) is 0 Å². The summed E-state index contributed by atoms with van der Waals surface area (Å²) in [5.74, 6) is 0.356. The number of urea groups is 1. The van der Waals surface area contributed by atoms with Gasteiger partial charge in [-0.15, -0.1) is 0 Å². The van der Waals surface area contributed by atoms with Crippen molar-refractivity contribution in [3.63, 3.8) is 0 Å². The number of hydrogen-bond donors (Lipinski definition) is 1. The van der Waals surface area contributed by atoms with Crippen LogP contribution in [0.5, 0.6) is 0 Å². The molecule has 1 aliphatic rings. The summed E-state index contributed by atoms with van der Waals surface area (Å²) >= 11 is 0. The Morgan fingerprint density at radius 3 is 2.59 bits per heavy atom. The van der Waals surface area contributed by atoms with Crippen LogP contribution in [0.3, 0.4) is 0 Å². The number of amides is 2. The molecule has 9 heteroatoms. The molecule has 6 nitrogen and oxygen atoms in total. The van der Waals surface area contributed by atoms with Gasteiger partial charge in [0.2, 0.25) is 0 Å². The lowest BCUT2D eigenvalue weighted by Crippen LogP contribution is -2.45. The van der Waals surface area contributed by atoms with Crippen molar-refractivity contribution in [2.24, 2.45) is 5.92 Å². The zero-order valence-corrected chi connectivity index (χ0v) is 16.8. The van der Waals surface area contributed by atoms with Crippen molar-refractivity contribution in [2.45, 2.75) is 32.0 Å². The fraction of sp³-hybridized carbons (Fsp3) is 0.500. The molecule has 0 saturated carbocycles. The third kappa shape index (κ3) is 4.90. The highest BCUT2D eigenvalue weighted by atomic mass is 19.4. The van der Waals surface area contributed by atoms with Gasteiger partial charge in [0.15, 0.2) is 0 Å². The molecular weight excluding hydrogens is 383 g/mol. The standard InChI is InChI=1S/C20H26F3N5O/c1-14(15-7-11-26(2)12-8-15)27(3)19(29)25-17-13-16(20(21,22)23)5-6-18(17)28-10-4-9-24-28/h4-6,9-10,13-15H,7-8,11-12H2,1-3H3,(H,25,29). The zero-order valence-electron chi connectivity index (χ0n) is 16.8. The molecule has 0 aliphatic carbocycles. The Morgan fingerprint density at radius 1 is 1.31 bits per heavy atom. The number of anilines is 1. The monoisotopic (exact) mass is 409 g/mol. The number of carbonyl (C=O) groups is 1. The molecule has 1 atom stereocenters. The zero-order chi connectivity index (χ0) is 21.2. The average Bonchev–Trinajstić information content (AvgIpc) is 3.21. The minimum atomic E-state index is -4.50. The molecule has 3 rings (SSSR count). The van der Waals surface area contributed by atoms with Gasteiger partial charge in [-0.2, -0.15) is 18.3 Å². The van der Waals surface area contributed by atoms with Gasteiger partial charge >= 0.3 is 12.2 Å². The number of benzene rings is 1. The minimum absolute atomic E-state index is 0.0253. The molecule has 1 fully saturated rings. The fourth-order valence-corrected chi connectivity index (χ4v) is 3.64. The highest BCUT2D eigenvalue weighted by molar-refractivity contribution is 5.91. The second-order valence-corrected chi connectivity index (χ2v) is 7.60. The van der Waals surface area contributed by atoms with Crippen LogP contribution < -0.4 is 5.32 Å². The van der Waals surface area contributed by atoms with Crippen LogP contribution in [-0.2, 0) is 6.18 Å². The molecule has 1 aromatic carbocycles. The molecule has 0 bridgehead atoms. The largest absolute Gasteiger partial charge is 0.416 e. The van der Waals surface area contributed by atoms with Crippen LogP contribution in [-0.4, -0.2) is 58.8 Å². The third-order valence-corrected chi connectivity index (χ3v) is 5.69. The maximum Gasteiger partial charge on any atom is 0.416 e. The highest BCUT2D eigenvalue weighted by Gasteiger charge is 2.32. The first kappa shape index (κ1) is 21.2. The third-order valence-electron chi connectivity index (χ3n) is 5.69. The van der Waals surface area contributed by atoms with Gasteiger partial charge in [0.05, 0.1) is 16.9 Å². The number of hydrogen-bond acceptors (Lipinski definition) is 3. The van der Waals surface area contributed by atoms with Gasteiger partial charge in [-0.1, -0.05) is 0 Å². The molecule has 1 N–H and O–H groups in total. The minimum Gasteiger partial charge on any atom is -0.325 e. The normalized spacial score (nSPS) is 17.2. The lowest BCUT2D eigenvalue weighted by Gasteiger charge is -2.37. The van der Waals surface area contributed by atoms with Crippen molar-refractivity contribution < 1.29 is 18.0 Å². The lowest BCUT2D eigenvalue weighted by atomic mass is 9.90. The van der Waals surface area contributed by atoms with E-state index in [9.17, 15) is 18.0 Å². The van der Waals surface area contributed by atoms with E-state index in [4.69, 9.17) is 0 Å². The molecule has 1 aliphatic heterocycles. The number of aromatic nitrogens is 2. The second kappa shape index (κ2) is 8.44. The van der Waals surface area contributed by atoms with Gasteiger partial charge in [-0.05, 0) is 70.1 Å². The van der Waals surface area contributed by atoms with Gasteiger partial charge in [0.25, 0.3) is 0 Å². The Hall–Kier alpha value is -2.55. The van der Waals surface area contributed by atoms with E-state index in [0.29, 0.717) is 11.6 Å². The molecule has 0 spiro atoms. The second-order valence-electron chi connectivity index (χ2n) is 7.60. The summed E-state index contributed by atoms with van der Waals surface area (Å²) in [6.45, 7) is 3.93. The van der Waals surface area contributed by atoms with Crippen molar-refractivity contribution in [3.05, 3.63) is 42.2 Å². The summed E-state index contributed by atoms with van der Waals surface area (Å²) in [6.07, 6.45) is 0.602. The van der Waals surface area contributed by atoms with E-state index in [-0.39, 0.29) is 11.7 Å². The van der Waals surface area contributed by atoms with Crippen LogP contribution >= 0.6 is 0 Å². The molecule has 2 amide bonds. The van der Waals surface area contributed by atoms with E-state index < -0.39 is 17.8 Å². The van der Waals surface area contributed by atoms with Crippen molar-refractivity contribution in [1.29, 1.82) is 0 Å². The van der Waals surface area contributed by atoms with E-state index in [1.807, 2.05) is 6.92 Å². The topological polar surface area (TPSA) is 53.4 Å². The van der Waals surface area contributed by atoms with Crippen LogP contribution in [0, 0.1) is 5.92 Å². The summed E-state index contributed by atoms with van der Waals surface area (Å²) in [7, 11) is 3.75. The number of likely N-dealkylation sites (tertiary alicyclic amines) is 1. The number of carbonyl (C=O) groups excluding carboxylic acids is 1. The maximum absolute atomic E-state index is 13.2. The van der Waals surface area contributed by atoms with E-state index in [1.54, 1.807) is 24.2 Å². The smallest absolute Gasteiger partial charge is 0.325 e. The van der Waals surface area contributed by atoms with Crippen LogP contribution in [0.1, 0.15) is 25.3 Å². The Bertz CT molecular complexity index is 829. The summed E-state index contributed by atoms with van der Waals surface area (Å²) in [5, 5.41) is 6.73.